The number of Topliss-reactive ketones (excluding diaryl/α,β-unsaturated/α-hetero) is 1. The van der Waals surface area contributed by atoms with E-state index in [4.69, 9.17) is 0 Å². The lowest BCUT2D eigenvalue weighted by molar-refractivity contribution is 0.0992. The highest BCUT2D eigenvalue weighted by Crippen LogP contribution is 2.13. The number of ketones is 1. The van der Waals surface area contributed by atoms with Crippen LogP contribution in [-0.2, 0) is 6.42 Å². The number of aryl methyl sites for hydroxylation is 1. The molecule has 0 aliphatic rings. The van der Waals surface area contributed by atoms with Crippen LogP contribution in [0.2, 0.25) is 0 Å². The van der Waals surface area contributed by atoms with Gasteiger partial charge in [0.1, 0.15) is 5.82 Å². The van der Waals surface area contributed by atoms with Crippen LogP contribution in [-0.4, -0.2) is 10.8 Å². The summed E-state index contributed by atoms with van der Waals surface area (Å²) in [7, 11) is 0. The Balaban J connectivity index is 2.19. The molecule has 0 amide bonds. The van der Waals surface area contributed by atoms with Gasteiger partial charge in [0.05, 0.1) is 0 Å². The van der Waals surface area contributed by atoms with Crippen LogP contribution in [0.5, 0.6) is 0 Å². The van der Waals surface area contributed by atoms with Gasteiger partial charge in [-0.25, -0.2) is 4.39 Å². The van der Waals surface area contributed by atoms with E-state index in [1.165, 1.54) is 12.1 Å². The smallest absolute Gasteiger partial charge is 0.167 e. The van der Waals surface area contributed by atoms with E-state index in [1.54, 1.807) is 37.5 Å². The third-order valence-electron chi connectivity index (χ3n) is 2.66. The minimum absolute atomic E-state index is 0.0158. The standard InChI is InChI=1S/C14H12FNO/c1-10-8-13(15)3-2-12(10)9-14(17)11-4-6-16-7-5-11/h2-8H,9H2,1H3. The van der Waals surface area contributed by atoms with Crippen LogP contribution in [0.4, 0.5) is 4.39 Å². The molecule has 0 bridgehead atoms. The van der Waals surface area contributed by atoms with Gasteiger partial charge in [0, 0.05) is 24.4 Å². The first-order valence-electron chi connectivity index (χ1n) is 5.35. The SMILES string of the molecule is Cc1cc(F)ccc1CC(=O)c1ccncc1. The monoisotopic (exact) mass is 229 g/mol. The Morgan fingerprint density at radius 1 is 1.24 bits per heavy atom. The third kappa shape index (κ3) is 2.75. The highest BCUT2D eigenvalue weighted by Gasteiger charge is 2.08. The second-order valence-electron chi connectivity index (χ2n) is 3.91. The van der Waals surface area contributed by atoms with Gasteiger partial charge in [-0.3, -0.25) is 9.78 Å². The molecule has 1 aromatic carbocycles. The molecule has 0 N–H and O–H groups in total. The van der Waals surface area contributed by atoms with Crippen molar-refractivity contribution in [2.75, 3.05) is 0 Å². The van der Waals surface area contributed by atoms with E-state index in [0.29, 0.717) is 5.56 Å². The first-order valence-corrected chi connectivity index (χ1v) is 5.35. The zero-order valence-corrected chi connectivity index (χ0v) is 9.48. The van der Waals surface area contributed by atoms with E-state index in [1.807, 2.05) is 0 Å². The molecule has 0 saturated heterocycles. The molecule has 17 heavy (non-hydrogen) atoms. The van der Waals surface area contributed by atoms with Gasteiger partial charge >= 0.3 is 0 Å². The Morgan fingerprint density at radius 3 is 2.59 bits per heavy atom. The number of carbonyl (C=O) groups excluding carboxylic acids is 1. The van der Waals surface area contributed by atoms with Crippen LogP contribution >= 0.6 is 0 Å². The summed E-state index contributed by atoms with van der Waals surface area (Å²) in [5.41, 5.74) is 2.28. The van der Waals surface area contributed by atoms with Crippen molar-refractivity contribution < 1.29 is 9.18 Å². The molecule has 2 rings (SSSR count). The van der Waals surface area contributed by atoms with E-state index in [0.717, 1.165) is 11.1 Å². The summed E-state index contributed by atoms with van der Waals surface area (Å²) in [5, 5.41) is 0. The van der Waals surface area contributed by atoms with E-state index in [2.05, 4.69) is 4.98 Å². The lowest BCUT2D eigenvalue weighted by Crippen LogP contribution is -2.05. The van der Waals surface area contributed by atoms with Gasteiger partial charge in [-0.1, -0.05) is 6.07 Å². The molecule has 0 spiro atoms. The topological polar surface area (TPSA) is 30.0 Å². The summed E-state index contributed by atoms with van der Waals surface area (Å²) in [5.74, 6) is -0.260. The molecule has 86 valence electrons. The van der Waals surface area contributed by atoms with E-state index in [-0.39, 0.29) is 18.0 Å². The number of aromatic nitrogens is 1. The summed E-state index contributed by atoms with van der Waals surface area (Å²) < 4.78 is 12.9. The minimum atomic E-state index is -0.275. The lowest BCUT2D eigenvalue weighted by Gasteiger charge is -2.05. The second kappa shape index (κ2) is 4.87. The second-order valence-corrected chi connectivity index (χ2v) is 3.91. The molecule has 0 fully saturated rings. The maximum atomic E-state index is 12.9. The Labute approximate surface area is 99.1 Å². The lowest BCUT2D eigenvalue weighted by atomic mass is 10.00. The zero-order chi connectivity index (χ0) is 12.3. The molecule has 3 heteroatoms. The van der Waals surface area contributed by atoms with Crippen molar-refractivity contribution in [2.45, 2.75) is 13.3 Å². The minimum Gasteiger partial charge on any atom is -0.294 e. The van der Waals surface area contributed by atoms with Crippen molar-refractivity contribution in [1.82, 2.24) is 4.98 Å². The highest BCUT2D eigenvalue weighted by molar-refractivity contribution is 5.97. The van der Waals surface area contributed by atoms with Crippen molar-refractivity contribution in [1.29, 1.82) is 0 Å². The Hall–Kier alpha value is -2.03. The molecule has 1 aromatic heterocycles. The fourth-order valence-corrected chi connectivity index (χ4v) is 1.67. The summed E-state index contributed by atoms with van der Waals surface area (Å²) in [4.78, 5) is 15.8. The van der Waals surface area contributed by atoms with Crippen LogP contribution in [0, 0.1) is 12.7 Å². The molecule has 2 nitrogen and oxygen atoms in total. The average Bonchev–Trinajstić information content (AvgIpc) is 2.34. The molecule has 1 heterocycles. The van der Waals surface area contributed by atoms with E-state index < -0.39 is 0 Å². The predicted octanol–water partition coefficient (Wildman–Crippen LogP) is 2.95. The largest absolute Gasteiger partial charge is 0.294 e. The first kappa shape index (κ1) is 11.5. The van der Waals surface area contributed by atoms with Crippen molar-refractivity contribution in [3.05, 3.63) is 65.2 Å². The highest BCUT2D eigenvalue weighted by atomic mass is 19.1. The maximum absolute atomic E-state index is 12.9. The molecule has 0 aliphatic heterocycles. The number of pyridine rings is 1. The molecule has 0 atom stereocenters. The number of halogens is 1. The van der Waals surface area contributed by atoms with Gasteiger partial charge in [-0.05, 0) is 42.3 Å². The zero-order valence-electron chi connectivity index (χ0n) is 9.48. The number of carbonyl (C=O) groups is 1. The third-order valence-corrected chi connectivity index (χ3v) is 2.66. The molecule has 0 aliphatic carbocycles. The normalized spacial score (nSPS) is 10.2. The average molecular weight is 229 g/mol. The van der Waals surface area contributed by atoms with Crippen molar-refractivity contribution in [3.63, 3.8) is 0 Å². The predicted molar refractivity (Wildman–Crippen MR) is 63.4 cm³/mol. The molecular formula is C14H12FNO. The fourth-order valence-electron chi connectivity index (χ4n) is 1.67. The molecule has 2 aromatic rings. The summed E-state index contributed by atoms with van der Waals surface area (Å²) in [6.07, 6.45) is 3.46. The van der Waals surface area contributed by atoms with E-state index in [9.17, 15) is 9.18 Å². The van der Waals surface area contributed by atoms with Crippen LogP contribution < -0.4 is 0 Å². The summed E-state index contributed by atoms with van der Waals surface area (Å²) in [6.45, 7) is 1.80. The Morgan fingerprint density at radius 2 is 1.94 bits per heavy atom. The van der Waals surface area contributed by atoms with Gasteiger partial charge in [0.15, 0.2) is 5.78 Å². The number of benzene rings is 1. The van der Waals surface area contributed by atoms with Crippen LogP contribution in [0.3, 0.4) is 0 Å². The van der Waals surface area contributed by atoms with Crippen molar-refractivity contribution in [3.8, 4) is 0 Å². The number of nitrogens with zero attached hydrogens (tertiary/aromatic N) is 1. The first-order chi connectivity index (χ1) is 8.16. The van der Waals surface area contributed by atoms with Crippen LogP contribution in [0.15, 0.2) is 42.7 Å². The number of hydrogen-bond donors (Lipinski definition) is 0. The van der Waals surface area contributed by atoms with E-state index >= 15 is 0 Å². The maximum Gasteiger partial charge on any atom is 0.167 e. The fraction of sp³-hybridized carbons (Fsp3) is 0.143. The Kier molecular flexibility index (Phi) is 3.28. The molecule has 0 unspecified atom stereocenters. The van der Waals surface area contributed by atoms with Crippen molar-refractivity contribution in [2.24, 2.45) is 0 Å². The van der Waals surface area contributed by atoms with Gasteiger partial charge in [0.2, 0.25) is 0 Å². The molecule has 0 saturated carbocycles. The molecular weight excluding hydrogens is 217 g/mol. The summed E-state index contributed by atoms with van der Waals surface area (Å²) in [6, 6.07) is 7.84. The van der Waals surface area contributed by atoms with Gasteiger partial charge in [-0.2, -0.15) is 0 Å². The van der Waals surface area contributed by atoms with Gasteiger partial charge in [0.25, 0.3) is 0 Å². The van der Waals surface area contributed by atoms with Crippen LogP contribution in [0.25, 0.3) is 0 Å². The van der Waals surface area contributed by atoms with Gasteiger partial charge in [-0.15, -0.1) is 0 Å². The van der Waals surface area contributed by atoms with Gasteiger partial charge < -0.3 is 0 Å². The van der Waals surface area contributed by atoms with Crippen molar-refractivity contribution >= 4 is 5.78 Å². The summed E-state index contributed by atoms with van der Waals surface area (Å²) >= 11 is 0. The number of rotatable bonds is 3. The van der Waals surface area contributed by atoms with Crippen LogP contribution in [0.1, 0.15) is 21.5 Å². The molecule has 0 radical (unpaired) electrons. The Bertz CT molecular complexity index is 537. The quantitative estimate of drug-likeness (QED) is 0.757. The number of hydrogen-bond acceptors (Lipinski definition) is 2.